The van der Waals surface area contributed by atoms with Crippen LogP contribution in [0.4, 0.5) is 0 Å². The van der Waals surface area contributed by atoms with Crippen LogP contribution < -0.4 is 5.32 Å². The number of carbonyl (C=O) groups is 1. The number of hydrogen-bond donors (Lipinski definition) is 3. The number of nitrogens with zero attached hydrogens (tertiary/aromatic N) is 2. The van der Waals surface area contributed by atoms with Gasteiger partial charge in [0.05, 0.1) is 6.10 Å². The molecular formula is C12H21N3O3. The normalized spacial score (nSPS) is 16.2. The van der Waals surface area contributed by atoms with Gasteiger partial charge in [-0.15, -0.1) is 0 Å². The molecule has 0 aliphatic heterocycles. The molecule has 0 aromatic carbocycles. The lowest BCUT2D eigenvalue weighted by Gasteiger charge is -2.24. The Morgan fingerprint density at radius 2 is 2.28 bits per heavy atom. The number of aryl methyl sites for hydroxylation is 1. The van der Waals surface area contributed by atoms with E-state index < -0.39 is 18.1 Å². The van der Waals surface area contributed by atoms with Crippen molar-refractivity contribution in [3.05, 3.63) is 18.2 Å². The third-order valence-electron chi connectivity index (χ3n) is 3.15. The number of imidazole rings is 1. The van der Waals surface area contributed by atoms with Gasteiger partial charge in [0.2, 0.25) is 0 Å². The van der Waals surface area contributed by atoms with Gasteiger partial charge in [-0.2, -0.15) is 0 Å². The summed E-state index contributed by atoms with van der Waals surface area (Å²) < 4.78 is 1.98. The molecule has 0 saturated heterocycles. The maximum absolute atomic E-state index is 11.0. The van der Waals surface area contributed by atoms with E-state index in [0.29, 0.717) is 6.42 Å². The molecule has 0 unspecified atom stereocenters. The molecule has 1 heterocycles. The molecule has 1 aromatic rings. The van der Waals surface area contributed by atoms with E-state index in [9.17, 15) is 9.90 Å². The fourth-order valence-corrected chi connectivity index (χ4v) is 2.00. The summed E-state index contributed by atoms with van der Waals surface area (Å²) in [4.78, 5) is 15.2. The monoisotopic (exact) mass is 255 g/mol. The fourth-order valence-electron chi connectivity index (χ4n) is 2.00. The van der Waals surface area contributed by atoms with Crippen LogP contribution in [0.3, 0.4) is 0 Å². The molecule has 18 heavy (non-hydrogen) atoms. The molecule has 3 N–H and O–H groups in total. The summed E-state index contributed by atoms with van der Waals surface area (Å²) in [5, 5.41) is 21.6. The van der Waals surface area contributed by atoms with Gasteiger partial charge in [0.15, 0.2) is 0 Å². The molecule has 0 aliphatic rings. The van der Waals surface area contributed by atoms with Gasteiger partial charge in [-0.1, -0.05) is 6.92 Å². The van der Waals surface area contributed by atoms with Gasteiger partial charge in [0.25, 0.3) is 0 Å². The van der Waals surface area contributed by atoms with Crippen molar-refractivity contribution in [3.63, 3.8) is 0 Å². The third kappa shape index (κ3) is 3.30. The van der Waals surface area contributed by atoms with Crippen LogP contribution in [0.2, 0.25) is 0 Å². The molecule has 0 saturated carbocycles. The minimum atomic E-state index is -1.05. The van der Waals surface area contributed by atoms with Gasteiger partial charge in [-0.3, -0.25) is 4.79 Å². The van der Waals surface area contributed by atoms with E-state index in [1.165, 1.54) is 7.05 Å². The predicted molar refractivity (Wildman–Crippen MR) is 67.3 cm³/mol. The second kappa shape index (κ2) is 6.51. The summed E-state index contributed by atoms with van der Waals surface area (Å²) in [7, 11) is 1.53. The van der Waals surface area contributed by atoms with Gasteiger partial charge in [0.1, 0.15) is 11.9 Å². The van der Waals surface area contributed by atoms with E-state index in [1.54, 1.807) is 6.20 Å². The zero-order chi connectivity index (χ0) is 13.7. The average molecular weight is 255 g/mol. The number of rotatable bonds is 7. The number of hydrogen-bond acceptors (Lipinski definition) is 4. The Labute approximate surface area is 107 Å². The molecule has 3 atom stereocenters. The molecule has 1 rings (SSSR count). The first-order chi connectivity index (χ1) is 8.51. The summed E-state index contributed by atoms with van der Waals surface area (Å²) in [5.74, 6) is -0.369. The Morgan fingerprint density at radius 3 is 2.78 bits per heavy atom. The third-order valence-corrected chi connectivity index (χ3v) is 3.15. The van der Waals surface area contributed by atoms with Crippen LogP contribution >= 0.6 is 0 Å². The molecule has 0 aliphatic carbocycles. The van der Waals surface area contributed by atoms with Crippen molar-refractivity contribution < 1.29 is 15.0 Å². The maximum Gasteiger partial charge on any atom is 0.323 e. The smallest absolute Gasteiger partial charge is 0.323 e. The first-order valence-electron chi connectivity index (χ1n) is 6.09. The van der Waals surface area contributed by atoms with Crippen molar-refractivity contribution >= 4 is 5.97 Å². The highest BCUT2D eigenvalue weighted by molar-refractivity contribution is 5.74. The number of aromatic nitrogens is 2. The predicted octanol–water partition coefficient (Wildman–Crippen LogP) is 0.115. The topological polar surface area (TPSA) is 87.4 Å². The van der Waals surface area contributed by atoms with E-state index in [1.807, 2.05) is 24.6 Å². The van der Waals surface area contributed by atoms with Crippen LogP contribution in [0.15, 0.2) is 12.4 Å². The summed E-state index contributed by atoms with van der Waals surface area (Å²) in [6.07, 6.45) is 3.19. The summed E-state index contributed by atoms with van der Waals surface area (Å²) in [5.41, 5.74) is 0. The number of aliphatic carboxylic acids is 1. The van der Waals surface area contributed by atoms with Crippen molar-refractivity contribution in [2.75, 3.05) is 7.05 Å². The Hall–Kier alpha value is -1.40. The van der Waals surface area contributed by atoms with Crippen molar-refractivity contribution in [3.8, 4) is 0 Å². The second-order valence-corrected chi connectivity index (χ2v) is 4.41. The molecule has 0 spiro atoms. The van der Waals surface area contributed by atoms with E-state index in [-0.39, 0.29) is 5.92 Å². The Kier molecular flexibility index (Phi) is 5.30. The molecule has 102 valence electrons. The van der Waals surface area contributed by atoms with Gasteiger partial charge in [0, 0.05) is 25.4 Å². The molecular weight excluding hydrogens is 234 g/mol. The van der Waals surface area contributed by atoms with Gasteiger partial charge >= 0.3 is 5.97 Å². The largest absolute Gasteiger partial charge is 0.480 e. The Bertz CT molecular complexity index is 392. The number of carboxylic acid groups (broad SMARTS) is 1. The molecule has 6 nitrogen and oxygen atoms in total. The zero-order valence-corrected chi connectivity index (χ0v) is 11.0. The Balaban J connectivity index is 2.70. The van der Waals surface area contributed by atoms with Crippen LogP contribution in [0.1, 0.15) is 19.7 Å². The van der Waals surface area contributed by atoms with E-state index >= 15 is 0 Å². The SMILES string of the molecule is CCn1ccnc1C[C@@H](C)[C@@H](O)[C@H](NC)C(=O)O. The summed E-state index contributed by atoms with van der Waals surface area (Å²) >= 11 is 0. The minimum Gasteiger partial charge on any atom is -0.480 e. The lowest BCUT2D eigenvalue weighted by molar-refractivity contribution is -0.143. The van der Waals surface area contributed by atoms with Crippen LogP contribution in [0.5, 0.6) is 0 Å². The minimum absolute atomic E-state index is 0.189. The standard InChI is InChI=1S/C12H21N3O3/c1-4-15-6-5-14-9(15)7-8(2)11(16)10(13-3)12(17)18/h5-6,8,10-11,13,16H,4,7H2,1-3H3,(H,17,18)/t8-,10+,11-/m1/s1. The van der Waals surface area contributed by atoms with Crippen LogP contribution in [-0.2, 0) is 17.8 Å². The highest BCUT2D eigenvalue weighted by Gasteiger charge is 2.29. The lowest BCUT2D eigenvalue weighted by atomic mass is 9.94. The molecule has 6 heteroatoms. The number of aliphatic hydroxyl groups excluding tert-OH is 1. The van der Waals surface area contributed by atoms with Gasteiger partial charge < -0.3 is 20.1 Å². The first-order valence-corrected chi connectivity index (χ1v) is 6.09. The van der Waals surface area contributed by atoms with Crippen molar-refractivity contribution in [1.82, 2.24) is 14.9 Å². The first kappa shape index (κ1) is 14.7. The van der Waals surface area contributed by atoms with Crippen molar-refractivity contribution in [2.24, 2.45) is 5.92 Å². The number of carboxylic acids is 1. The molecule has 0 fully saturated rings. The number of aliphatic hydroxyl groups is 1. The average Bonchev–Trinajstić information content (AvgIpc) is 2.76. The van der Waals surface area contributed by atoms with Crippen LogP contribution in [0, 0.1) is 5.92 Å². The number of likely N-dealkylation sites (N-methyl/N-ethyl adjacent to an activating group) is 1. The molecule has 0 amide bonds. The highest BCUT2D eigenvalue weighted by Crippen LogP contribution is 2.14. The summed E-state index contributed by atoms with van der Waals surface area (Å²) in [6.45, 7) is 4.65. The van der Waals surface area contributed by atoms with Crippen LogP contribution in [0.25, 0.3) is 0 Å². The zero-order valence-electron chi connectivity index (χ0n) is 11.0. The van der Waals surface area contributed by atoms with Crippen molar-refractivity contribution in [2.45, 2.75) is 39.0 Å². The number of nitrogens with one attached hydrogen (secondary N) is 1. The quantitative estimate of drug-likeness (QED) is 0.644. The van der Waals surface area contributed by atoms with E-state index in [0.717, 1.165) is 12.4 Å². The molecule has 0 bridgehead atoms. The highest BCUT2D eigenvalue weighted by atomic mass is 16.4. The molecule has 1 aromatic heterocycles. The van der Waals surface area contributed by atoms with Gasteiger partial charge in [-0.25, -0.2) is 4.98 Å². The molecule has 0 radical (unpaired) electrons. The van der Waals surface area contributed by atoms with Gasteiger partial charge in [-0.05, 0) is 19.9 Å². The van der Waals surface area contributed by atoms with Crippen molar-refractivity contribution in [1.29, 1.82) is 0 Å². The lowest BCUT2D eigenvalue weighted by Crippen LogP contribution is -2.47. The van der Waals surface area contributed by atoms with Crippen LogP contribution in [-0.4, -0.2) is 44.9 Å². The maximum atomic E-state index is 11.0. The second-order valence-electron chi connectivity index (χ2n) is 4.41. The van der Waals surface area contributed by atoms with E-state index in [2.05, 4.69) is 10.3 Å². The fraction of sp³-hybridized carbons (Fsp3) is 0.667. The summed E-state index contributed by atoms with van der Waals surface area (Å²) in [6, 6.07) is -0.954. The van der Waals surface area contributed by atoms with E-state index in [4.69, 9.17) is 5.11 Å². The Morgan fingerprint density at radius 1 is 1.61 bits per heavy atom.